The van der Waals surface area contributed by atoms with Crippen molar-refractivity contribution >= 4 is 43.2 Å². The number of hydrogen-bond donors (Lipinski definition) is 1. The van der Waals surface area contributed by atoms with Crippen LogP contribution in [-0.4, -0.2) is 8.42 Å². The molecule has 0 radical (unpaired) electrons. The van der Waals surface area contributed by atoms with Gasteiger partial charge in [0.25, 0.3) is 10.0 Å². The van der Waals surface area contributed by atoms with Gasteiger partial charge in [-0.15, -0.1) is 0 Å². The van der Waals surface area contributed by atoms with E-state index < -0.39 is 15.8 Å². The lowest BCUT2D eigenvalue weighted by Crippen LogP contribution is -2.13. The molecule has 0 bridgehead atoms. The highest BCUT2D eigenvalue weighted by molar-refractivity contribution is 9.10. The van der Waals surface area contributed by atoms with E-state index in [9.17, 15) is 12.8 Å². The van der Waals surface area contributed by atoms with Crippen molar-refractivity contribution in [1.82, 2.24) is 0 Å². The number of rotatable bonds is 3. The van der Waals surface area contributed by atoms with Gasteiger partial charge in [0.2, 0.25) is 0 Å². The Morgan fingerprint density at radius 2 is 1.89 bits per heavy atom. The molecule has 19 heavy (non-hydrogen) atoms. The summed E-state index contributed by atoms with van der Waals surface area (Å²) in [6, 6.07) is 9.50. The predicted molar refractivity (Wildman–Crippen MR) is 76.4 cm³/mol. The normalized spacial score (nSPS) is 11.3. The van der Waals surface area contributed by atoms with Gasteiger partial charge in [0.15, 0.2) is 0 Å². The quantitative estimate of drug-likeness (QED) is 0.893. The van der Waals surface area contributed by atoms with Crippen molar-refractivity contribution in [2.75, 3.05) is 4.72 Å². The number of hydrogen-bond acceptors (Lipinski definition) is 2. The highest BCUT2D eigenvalue weighted by atomic mass is 79.9. The van der Waals surface area contributed by atoms with Gasteiger partial charge >= 0.3 is 0 Å². The van der Waals surface area contributed by atoms with Crippen molar-refractivity contribution in [2.24, 2.45) is 0 Å². The van der Waals surface area contributed by atoms with E-state index in [0.717, 1.165) is 6.07 Å². The third-order valence-corrected chi connectivity index (χ3v) is 4.47. The van der Waals surface area contributed by atoms with Crippen LogP contribution < -0.4 is 4.72 Å². The van der Waals surface area contributed by atoms with Crippen LogP contribution >= 0.6 is 27.5 Å². The van der Waals surface area contributed by atoms with E-state index in [1.807, 2.05) is 0 Å². The summed E-state index contributed by atoms with van der Waals surface area (Å²) >= 11 is 9.12. The molecule has 3 nitrogen and oxygen atoms in total. The molecule has 7 heteroatoms. The minimum Gasteiger partial charge on any atom is -0.278 e. The molecule has 0 fully saturated rings. The van der Waals surface area contributed by atoms with E-state index in [0.29, 0.717) is 4.47 Å². The number of halogens is 3. The van der Waals surface area contributed by atoms with Crippen LogP contribution in [0.4, 0.5) is 10.1 Å². The fourth-order valence-corrected chi connectivity index (χ4v) is 3.10. The van der Waals surface area contributed by atoms with Gasteiger partial charge in [-0.25, -0.2) is 12.8 Å². The minimum atomic E-state index is -3.87. The summed E-state index contributed by atoms with van der Waals surface area (Å²) in [5, 5.41) is 0.253. The first-order chi connectivity index (χ1) is 8.88. The second-order valence-corrected chi connectivity index (χ2v) is 6.69. The summed E-state index contributed by atoms with van der Waals surface area (Å²) in [7, 11) is -3.87. The minimum absolute atomic E-state index is 0.163. The summed E-state index contributed by atoms with van der Waals surface area (Å²) in [4.78, 5) is -0.163. The van der Waals surface area contributed by atoms with Crippen molar-refractivity contribution < 1.29 is 12.8 Å². The fraction of sp³-hybridized carbons (Fsp3) is 0. The standard InChI is InChI=1S/C12H8BrClFNO2S/c13-8-4-5-11(14)12(6-8)16-19(17,18)10-3-1-2-9(15)7-10/h1-7,16H. The molecule has 0 unspecified atom stereocenters. The number of nitrogens with one attached hydrogen (secondary N) is 1. The Bertz CT molecular complexity index is 721. The van der Waals surface area contributed by atoms with E-state index in [4.69, 9.17) is 11.6 Å². The van der Waals surface area contributed by atoms with Gasteiger partial charge in [0, 0.05) is 4.47 Å². The zero-order valence-electron chi connectivity index (χ0n) is 9.40. The van der Waals surface area contributed by atoms with Crippen molar-refractivity contribution in [2.45, 2.75) is 4.90 Å². The van der Waals surface area contributed by atoms with Crippen LogP contribution in [0.3, 0.4) is 0 Å². The lowest BCUT2D eigenvalue weighted by molar-refractivity contribution is 0.595. The van der Waals surface area contributed by atoms with E-state index in [1.165, 1.54) is 24.3 Å². The van der Waals surface area contributed by atoms with Crippen LogP contribution in [0.5, 0.6) is 0 Å². The average Bonchev–Trinajstić information content (AvgIpc) is 2.33. The molecule has 0 amide bonds. The van der Waals surface area contributed by atoms with Crippen LogP contribution in [0, 0.1) is 5.82 Å². The molecule has 2 aromatic rings. The summed E-state index contributed by atoms with van der Waals surface area (Å²) in [6.45, 7) is 0. The molecule has 0 spiro atoms. The zero-order chi connectivity index (χ0) is 14.0. The molecule has 0 aliphatic carbocycles. The Labute approximate surface area is 123 Å². The maximum Gasteiger partial charge on any atom is 0.262 e. The third kappa shape index (κ3) is 3.46. The van der Waals surface area contributed by atoms with E-state index in [-0.39, 0.29) is 15.6 Å². The van der Waals surface area contributed by atoms with Crippen LogP contribution in [0.15, 0.2) is 51.8 Å². The van der Waals surface area contributed by atoms with E-state index in [2.05, 4.69) is 20.7 Å². The molecule has 0 atom stereocenters. The molecule has 0 aliphatic rings. The van der Waals surface area contributed by atoms with E-state index in [1.54, 1.807) is 12.1 Å². The summed E-state index contributed by atoms with van der Waals surface area (Å²) in [6.07, 6.45) is 0. The Kier molecular flexibility index (Phi) is 4.13. The van der Waals surface area contributed by atoms with Crippen molar-refractivity contribution in [3.8, 4) is 0 Å². The second kappa shape index (κ2) is 5.48. The van der Waals surface area contributed by atoms with Gasteiger partial charge in [0.05, 0.1) is 15.6 Å². The predicted octanol–water partition coefficient (Wildman–Crippen LogP) is 4.04. The van der Waals surface area contributed by atoms with Crippen molar-refractivity contribution in [3.05, 3.63) is 57.8 Å². The molecule has 2 aromatic carbocycles. The zero-order valence-corrected chi connectivity index (χ0v) is 12.6. The Morgan fingerprint density at radius 1 is 1.16 bits per heavy atom. The molecule has 0 aliphatic heterocycles. The van der Waals surface area contributed by atoms with Gasteiger partial charge in [-0.05, 0) is 36.4 Å². The van der Waals surface area contributed by atoms with Gasteiger partial charge < -0.3 is 0 Å². The maximum absolute atomic E-state index is 13.1. The van der Waals surface area contributed by atoms with Gasteiger partial charge in [0.1, 0.15) is 5.82 Å². The van der Waals surface area contributed by atoms with Crippen LogP contribution in [-0.2, 0) is 10.0 Å². The third-order valence-electron chi connectivity index (χ3n) is 2.28. The monoisotopic (exact) mass is 363 g/mol. The smallest absolute Gasteiger partial charge is 0.262 e. The Hall–Kier alpha value is -1.11. The van der Waals surface area contributed by atoms with Gasteiger partial charge in [-0.1, -0.05) is 33.6 Å². The average molecular weight is 365 g/mol. The van der Waals surface area contributed by atoms with Crippen molar-refractivity contribution in [3.63, 3.8) is 0 Å². The highest BCUT2D eigenvalue weighted by Crippen LogP contribution is 2.28. The molecule has 0 aromatic heterocycles. The topological polar surface area (TPSA) is 46.2 Å². The lowest BCUT2D eigenvalue weighted by Gasteiger charge is -2.10. The first kappa shape index (κ1) is 14.3. The van der Waals surface area contributed by atoms with Crippen LogP contribution in [0.2, 0.25) is 5.02 Å². The SMILES string of the molecule is O=S(=O)(Nc1cc(Br)ccc1Cl)c1cccc(F)c1. The molecule has 0 heterocycles. The first-order valence-electron chi connectivity index (χ1n) is 5.12. The summed E-state index contributed by atoms with van der Waals surface area (Å²) < 4.78 is 40.2. The van der Waals surface area contributed by atoms with E-state index >= 15 is 0 Å². The number of benzene rings is 2. The summed E-state index contributed by atoms with van der Waals surface area (Å²) in [5.41, 5.74) is 0.223. The molecular formula is C12H8BrClFNO2S. The molecule has 2 rings (SSSR count). The van der Waals surface area contributed by atoms with Crippen molar-refractivity contribution in [1.29, 1.82) is 0 Å². The number of sulfonamides is 1. The van der Waals surface area contributed by atoms with Crippen LogP contribution in [0.25, 0.3) is 0 Å². The lowest BCUT2D eigenvalue weighted by atomic mass is 10.3. The molecule has 100 valence electrons. The highest BCUT2D eigenvalue weighted by Gasteiger charge is 2.16. The Morgan fingerprint density at radius 3 is 2.58 bits per heavy atom. The fourth-order valence-electron chi connectivity index (χ4n) is 1.41. The molecular weight excluding hydrogens is 357 g/mol. The van der Waals surface area contributed by atoms with Crippen LogP contribution in [0.1, 0.15) is 0 Å². The van der Waals surface area contributed by atoms with Gasteiger partial charge in [-0.2, -0.15) is 0 Å². The number of anilines is 1. The maximum atomic E-state index is 13.1. The molecule has 0 saturated carbocycles. The molecule has 0 saturated heterocycles. The summed E-state index contributed by atoms with van der Waals surface area (Å²) in [5.74, 6) is -0.622. The largest absolute Gasteiger partial charge is 0.278 e. The molecule has 1 N–H and O–H groups in total. The first-order valence-corrected chi connectivity index (χ1v) is 7.77. The Balaban J connectivity index is 2.39. The second-order valence-electron chi connectivity index (χ2n) is 3.69. The van der Waals surface area contributed by atoms with Gasteiger partial charge in [-0.3, -0.25) is 4.72 Å².